The third kappa shape index (κ3) is 4.09. The number of benzene rings is 2. The summed E-state index contributed by atoms with van der Waals surface area (Å²) in [5, 5.41) is 0. The van der Waals surface area contributed by atoms with Crippen molar-refractivity contribution in [3.05, 3.63) is 71.8 Å². The number of nitrogens with zero attached hydrogens (tertiary/aromatic N) is 1. The number of β-lactam (4-membered cyclic amide) rings is 1. The van der Waals surface area contributed by atoms with Crippen LogP contribution in [0.3, 0.4) is 0 Å². The number of rotatable bonds is 8. The van der Waals surface area contributed by atoms with Gasteiger partial charge < -0.3 is 14.4 Å². The van der Waals surface area contributed by atoms with Crippen LogP contribution in [0, 0.1) is 5.92 Å². The fourth-order valence-corrected chi connectivity index (χ4v) is 3.64. The summed E-state index contributed by atoms with van der Waals surface area (Å²) < 4.78 is 11.2. The van der Waals surface area contributed by atoms with E-state index in [0.29, 0.717) is 6.61 Å². The van der Waals surface area contributed by atoms with Crippen LogP contribution in [-0.2, 0) is 25.7 Å². The van der Waals surface area contributed by atoms with Crippen LogP contribution in [0.15, 0.2) is 60.7 Å². The first kappa shape index (κ1) is 20.1. The van der Waals surface area contributed by atoms with Gasteiger partial charge >= 0.3 is 5.97 Å². The zero-order valence-electron chi connectivity index (χ0n) is 16.6. The fourth-order valence-electron chi connectivity index (χ4n) is 3.64. The number of carbonyl (C=O) groups excluding carboxylic acids is 2. The van der Waals surface area contributed by atoms with Crippen molar-refractivity contribution in [1.82, 2.24) is 4.90 Å². The smallest absolute Gasteiger partial charge is 0.329 e. The fraction of sp³-hybridized carbons (Fsp3) is 0.391. The molecule has 1 amide bonds. The van der Waals surface area contributed by atoms with Crippen LogP contribution in [0.4, 0.5) is 0 Å². The Morgan fingerprint density at radius 2 is 1.64 bits per heavy atom. The molecule has 0 aromatic heterocycles. The molecule has 3 atom stereocenters. The molecule has 3 rings (SSSR count). The second kappa shape index (κ2) is 9.02. The lowest BCUT2D eigenvalue weighted by molar-refractivity contribution is -0.191. The van der Waals surface area contributed by atoms with Crippen molar-refractivity contribution in [3.63, 3.8) is 0 Å². The lowest BCUT2D eigenvalue weighted by atomic mass is 9.86. The minimum absolute atomic E-state index is 0.0655. The molecule has 28 heavy (non-hydrogen) atoms. The van der Waals surface area contributed by atoms with E-state index in [0.717, 1.165) is 11.1 Å². The lowest BCUT2D eigenvalue weighted by Crippen LogP contribution is -2.66. The summed E-state index contributed by atoms with van der Waals surface area (Å²) in [6, 6.07) is 18.5. The first-order valence-corrected chi connectivity index (χ1v) is 9.73. The van der Waals surface area contributed by atoms with Gasteiger partial charge in [-0.3, -0.25) is 4.79 Å². The number of hydrogen-bond donors (Lipinski definition) is 0. The topological polar surface area (TPSA) is 55.8 Å². The van der Waals surface area contributed by atoms with Crippen molar-refractivity contribution in [2.24, 2.45) is 5.92 Å². The minimum Gasteiger partial charge on any atom is -0.464 e. The number of carbonyl (C=O) groups is 2. The summed E-state index contributed by atoms with van der Waals surface area (Å²) in [6.07, 6.45) is -0.613. The highest BCUT2D eigenvalue weighted by molar-refractivity contribution is 5.93. The Morgan fingerprint density at radius 1 is 1.04 bits per heavy atom. The van der Waals surface area contributed by atoms with Crippen LogP contribution >= 0.6 is 0 Å². The summed E-state index contributed by atoms with van der Waals surface area (Å²) in [6.45, 7) is 6.26. The van der Waals surface area contributed by atoms with Gasteiger partial charge in [0, 0.05) is 0 Å². The highest BCUT2D eigenvalue weighted by Gasteiger charge is 2.54. The van der Waals surface area contributed by atoms with E-state index >= 15 is 0 Å². The average Bonchev–Trinajstić information content (AvgIpc) is 2.70. The Bertz CT molecular complexity index is 791. The van der Waals surface area contributed by atoms with Gasteiger partial charge in [-0.2, -0.15) is 0 Å². The van der Waals surface area contributed by atoms with Crippen LogP contribution in [0.2, 0.25) is 0 Å². The zero-order valence-corrected chi connectivity index (χ0v) is 16.6. The molecule has 1 heterocycles. The van der Waals surface area contributed by atoms with Gasteiger partial charge in [0.1, 0.15) is 6.04 Å². The van der Waals surface area contributed by atoms with E-state index < -0.39 is 12.1 Å². The maximum atomic E-state index is 13.0. The predicted octanol–water partition coefficient (Wildman–Crippen LogP) is 3.74. The molecule has 2 aromatic rings. The van der Waals surface area contributed by atoms with Gasteiger partial charge in [0.2, 0.25) is 0 Å². The number of amides is 1. The van der Waals surface area contributed by atoms with Crippen LogP contribution in [0.5, 0.6) is 0 Å². The first-order chi connectivity index (χ1) is 13.5. The molecule has 148 valence electrons. The second-order valence-electron chi connectivity index (χ2n) is 7.26. The minimum atomic E-state index is -0.630. The Morgan fingerprint density at radius 3 is 2.21 bits per heavy atom. The number of ether oxygens (including phenoxy) is 2. The molecule has 5 nitrogen and oxygen atoms in total. The lowest BCUT2D eigenvalue weighted by Gasteiger charge is -2.50. The summed E-state index contributed by atoms with van der Waals surface area (Å²) in [4.78, 5) is 27.2. The monoisotopic (exact) mass is 381 g/mol. The van der Waals surface area contributed by atoms with Gasteiger partial charge in [-0.25, -0.2) is 4.79 Å². The third-order valence-corrected chi connectivity index (χ3v) is 4.96. The quantitative estimate of drug-likeness (QED) is 0.516. The largest absolute Gasteiger partial charge is 0.464 e. The number of likely N-dealkylation sites (tertiary alicyclic amines) is 1. The molecule has 1 aliphatic rings. The van der Waals surface area contributed by atoms with E-state index in [9.17, 15) is 9.59 Å². The van der Waals surface area contributed by atoms with Crippen molar-refractivity contribution in [2.75, 3.05) is 6.61 Å². The molecule has 3 unspecified atom stereocenters. The number of esters is 1. The molecule has 0 aliphatic carbocycles. The van der Waals surface area contributed by atoms with Gasteiger partial charge in [0.05, 0.1) is 19.3 Å². The SMILES string of the molecule is CCOC(=O)C(C(C)C)N1C(=O)C(OCc2ccccc2)C1c1ccccc1. The summed E-state index contributed by atoms with van der Waals surface area (Å²) >= 11 is 0. The van der Waals surface area contributed by atoms with E-state index in [-0.39, 0.29) is 30.4 Å². The normalized spacial score (nSPS) is 20.0. The van der Waals surface area contributed by atoms with Crippen molar-refractivity contribution in [2.45, 2.75) is 45.6 Å². The molecule has 1 saturated heterocycles. The molecule has 0 radical (unpaired) electrons. The van der Waals surface area contributed by atoms with Crippen LogP contribution in [0.1, 0.15) is 37.9 Å². The average molecular weight is 381 g/mol. The van der Waals surface area contributed by atoms with Crippen molar-refractivity contribution in [3.8, 4) is 0 Å². The zero-order chi connectivity index (χ0) is 20.1. The maximum Gasteiger partial charge on any atom is 0.329 e. The van der Waals surface area contributed by atoms with Gasteiger partial charge in [-0.05, 0) is 24.0 Å². The van der Waals surface area contributed by atoms with Gasteiger partial charge in [0.15, 0.2) is 6.10 Å². The van der Waals surface area contributed by atoms with Crippen molar-refractivity contribution < 1.29 is 19.1 Å². The van der Waals surface area contributed by atoms with E-state index in [2.05, 4.69) is 0 Å². The predicted molar refractivity (Wildman–Crippen MR) is 106 cm³/mol. The highest BCUT2D eigenvalue weighted by Crippen LogP contribution is 2.41. The Labute approximate surface area is 166 Å². The van der Waals surface area contributed by atoms with E-state index in [1.165, 1.54) is 0 Å². The van der Waals surface area contributed by atoms with Gasteiger partial charge in [-0.15, -0.1) is 0 Å². The van der Waals surface area contributed by atoms with Gasteiger partial charge in [-0.1, -0.05) is 74.5 Å². The Balaban J connectivity index is 1.85. The first-order valence-electron chi connectivity index (χ1n) is 9.73. The van der Waals surface area contributed by atoms with E-state index in [4.69, 9.17) is 9.47 Å². The molecule has 0 spiro atoms. The summed E-state index contributed by atoms with van der Waals surface area (Å²) in [5.74, 6) is -0.603. The summed E-state index contributed by atoms with van der Waals surface area (Å²) in [5.41, 5.74) is 1.96. The van der Waals surface area contributed by atoms with E-state index in [1.807, 2.05) is 74.5 Å². The molecule has 2 aromatic carbocycles. The molecule has 1 aliphatic heterocycles. The molecule has 1 fully saturated rings. The third-order valence-electron chi connectivity index (χ3n) is 4.96. The van der Waals surface area contributed by atoms with Gasteiger partial charge in [0.25, 0.3) is 5.91 Å². The van der Waals surface area contributed by atoms with E-state index in [1.54, 1.807) is 11.8 Å². The van der Waals surface area contributed by atoms with Crippen molar-refractivity contribution in [1.29, 1.82) is 0 Å². The molecule has 0 bridgehead atoms. The molecular weight excluding hydrogens is 354 g/mol. The van der Waals surface area contributed by atoms with Crippen molar-refractivity contribution >= 4 is 11.9 Å². The standard InChI is InChI=1S/C23H27NO4/c1-4-27-23(26)19(16(2)3)24-20(18-13-9-6-10-14-18)21(22(24)25)28-15-17-11-7-5-8-12-17/h5-14,16,19-21H,4,15H2,1-3H3. The molecule has 0 N–H and O–H groups in total. The molecule has 5 heteroatoms. The summed E-state index contributed by atoms with van der Waals surface area (Å²) in [7, 11) is 0. The number of hydrogen-bond acceptors (Lipinski definition) is 4. The van der Waals surface area contributed by atoms with Crippen LogP contribution in [0.25, 0.3) is 0 Å². The highest BCUT2D eigenvalue weighted by atomic mass is 16.5. The Hall–Kier alpha value is -2.66. The van der Waals surface area contributed by atoms with Crippen LogP contribution < -0.4 is 0 Å². The Kier molecular flexibility index (Phi) is 6.47. The molecule has 0 saturated carbocycles. The van der Waals surface area contributed by atoms with Crippen LogP contribution in [-0.4, -0.2) is 35.5 Å². The maximum absolute atomic E-state index is 13.0. The molecular formula is C23H27NO4. The second-order valence-corrected chi connectivity index (χ2v) is 7.26.